The van der Waals surface area contributed by atoms with Gasteiger partial charge in [0.25, 0.3) is 0 Å². The molecule has 14 N–H and O–H groups in total. The number of carbonyl (C=O) groups is 2. The summed E-state index contributed by atoms with van der Waals surface area (Å²) in [5, 5.41) is 77.3. The van der Waals surface area contributed by atoms with Crippen molar-refractivity contribution in [1.82, 2.24) is 6.15 Å². The monoisotopic (exact) mass is 649 g/mol. The smallest absolute Gasteiger partial charge is 0.870 e. The van der Waals surface area contributed by atoms with Gasteiger partial charge in [-0.1, -0.05) is 0 Å². The summed E-state index contributed by atoms with van der Waals surface area (Å²) in [6.45, 7) is 0.930. The number of nitrogens with two attached hydrogens (primary N) is 1. The maximum absolute atomic E-state index is 11.2. The largest absolute Gasteiger partial charge is 1.00 e. The first-order chi connectivity index (χ1) is 17.9. The Morgan fingerprint density at radius 3 is 1.53 bits per heavy atom. The summed E-state index contributed by atoms with van der Waals surface area (Å²) in [4.78, 5) is 21.8. The predicted octanol–water partition coefficient (Wildman–Crippen LogP) is -11.7. The molecule has 1 amide bonds. The zero-order valence-corrected chi connectivity index (χ0v) is 29.2. The summed E-state index contributed by atoms with van der Waals surface area (Å²) in [5.41, 5.74) is 5.10. The molecule has 2 fully saturated rings. The van der Waals surface area contributed by atoms with E-state index >= 15 is 0 Å². The van der Waals surface area contributed by atoms with E-state index in [4.69, 9.17) is 35.0 Å². The van der Waals surface area contributed by atoms with Crippen LogP contribution in [0.4, 0.5) is 0 Å². The molecule has 12 unspecified atom stereocenters. The van der Waals surface area contributed by atoms with E-state index in [2.05, 4.69) is 0 Å². The number of primary amides is 1. The fourth-order valence-electron chi connectivity index (χ4n) is 4.48. The SMILES string of the molecule is COC1C(CO)OC(CC(C)C#N)C(O)C1O.COC1C(CO)OC(CC(CC(=O)[O-])C(N)=O)C(O)C1O.N.O.[Na+].[Na+].[OH-]. The summed E-state index contributed by atoms with van der Waals surface area (Å²) in [6.07, 6.45) is -10.5. The maximum Gasteiger partial charge on any atom is 1.00 e. The fourth-order valence-corrected chi connectivity index (χ4v) is 4.48. The first kappa shape index (κ1) is 52.4. The Balaban J connectivity index is -0.000000204. The second kappa shape index (κ2) is 26.0. The van der Waals surface area contributed by atoms with Crippen LogP contribution in [0.5, 0.6) is 0 Å². The van der Waals surface area contributed by atoms with E-state index in [0.29, 0.717) is 6.42 Å². The number of carboxylic acids is 1. The molecule has 0 radical (unpaired) electrons. The molecule has 0 saturated carbocycles. The van der Waals surface area contributed by atoms with Crippen molar-refractivity contribution >= 4 is 11.9 Å². The summed E-state index contributed by atoms with van der Waals surface area (Å²) in [6, 6.07) is 2.04. The van der Waals surface area contributed by atoms with Gasteiger partial charge in [0.05, 0.1) is 31.5 Å². The Labute approximate surface area is 294 Å². The quantitative estimate of drug-likeness (QED) is 0.0963. The minimum absolute atomic E-state index is 0. The van der Waals surface area contributed by atoms with Crippen molar-refractivity contribution in [3.05, 3.63) is 0 Å². The number of hydrogen-bond acceptors (Lipinski definition) is 16. The first-order valence-electron chi connectivity index (χ1n) is 12.1. The number of aliphatic hydroxyl groups excluding tert-OH is 6. The van der Waals surface area contributed by atoms with E-state index in [1.807, 2.05) is 6.07 Å². The third-order valence-corrected chi connectivity index (χ3v) is 6.61. The van der Waals surface area contributed by atoms with E-state index in [-0.39, 0.29) is 95.2 Å². The number of hydrogen-bond donors (Lipinski definition) is 8. The molecule has 20 heteroatoms. The molecule has 2 heterocycles. The van der Waals surface area contributed by atoms with Gasteiger partial charge in [0.1, 0.15) is 48.8 Å². The van der Waals surface area contributed by atoms with E-state index in [1.165, 1.54) is 14.2 Å². The fraction of sp³-hybridized carbons (Fsp3) is 0.870. The molecule has 2 aliphatic heterocycles. The van der Waals surface area contributed by atoms with Crippen molar-refractivity contribution < 1.29 is 134 Å². The van der Waals surface area contributed by atoms with Gasteiger partial charge in [0, 0.05) is 32.0 Å². The average molecular weight is 650 g/mol. The molecule has 0 spiro atoms. The van der Waals surface area contributed by atoms with Crippen LogP contribution in [0, 0.1) is 23.2 Å². The number of aliphatic hydroxyl groups is 6. The zero-order chi connectivity index (χ0) is 29.2. The van der Waals surface area contributed by atoms with Crippen molar-refractivity contribution in [3.8, 4) is 6.07 Å². The van der Waals surface area contributed by atoms with Gasteiger partial charge in [-0.2, -0.15) is 5.26 Å². The molecular formula is C23H45N3Na2O15. The summed E-state index contributed by atoms with van der Waals surface area (Å²) < 4.78 is 20.8. The van der Waals surface area contributed by atoms with E-state index in [9.17, 15) is 40.2 Å². The number of amides is 1. The van der Waals surface area contributed by atoms with Gasteiger partial charge >= 0.3 is 59.1 Å². The van der Waals surface area contributed by atoms with Crippen molar-refractivity contribution in [2.45, 2.75) is 87.2 Å². The molecule has 2 rings (SSSR count). The number of carboxylic acid groups (broad SMARTS) is 1. The molecule has 0 aliphatic carbocycles. The Bertz CT molecular complexity index is 796. The number of nitriles is 1. The minimum Gasteiger partial charge on any atom is -0.870 e. The first-order valence-corrected chi connectivity index (χ1v) is 12.1. The predicted molar refractivity (Wildman–Crippen MR) is 134 cm³/mol. The van der Waals surface area contributed by atoms with E-state index < -0.39 is 91.9 Å². The molecular weight excluding hydrogens is 604 g/mol. The van der Waals surface area contributed by atoms with Crippen molar-refractivity contribution in [2.75, 3.05) is 27.4 Å². The topological polar surface area (TPSA) is 362 Å². The summed E-state index contributed by atoms with van der Waals surface area (Å²) in [5.74, 6) is -3.74. The standard InChI is InChI=1S/C12H21NO8.C11H19NO5.H3N.2Na.2H2O/c1-20-11-7(4-14)21-6(9(17)10(11)18)2-5(12(13)19)3-8(15)16;1-6(4-12)3-7-9(14)10(15)11(16-2)8(5-13)17-7;;;;;/h5-7,9-11,14,17-18H,2-4H2,1H3,(H2,13,19)(H,15,16);6-11,13-15H,3,5H2,1-2H3;1H3;;;2*1H2/q;;;2*+1;;/p-2. The van der Waals surface area contributed by atoms with Crippen molar-refractivity contribution in [1.29, 1.82) is 5.26 Å². The van der Waals surface area contributed by atoms with Gasteiger partial charge in [-0.05, 0) is 26.2 Å². The van der Waals surface area contributed by atoms with Gasteiger partial charge in [-0.3, -0.25) is 4.79 Å². The van der Waals surface area contributed by atoms with Crippen LogP contribution in [0.15, 0.2) is 0 Å². The molecule has 18 nitrogen and oxygen atoms in total. The Hall–Kier alpha value is -0.0900. The number of methoxy groups -OCH3 is 2. The molecule has 12 atom stereocenters. The molecule has 2 saturated heterocycles. The van der Waals surface area contributed by atoms with Gasteiger partial charge < -0.3 is 82.3 Å². The van der Waals surface area contributed by atoms with E-state index in [1.54, 1.807) is 6.92 Å². The molecule has 0 aromatic rings. The van der Waals surface area contributed by atoms with E-state index in [0.717, 1.165) is 0 Å². The van der Waals surface area contributed by atoms with Crippen LogP contribution in [-0.2, 0) is 28.5 Å². The van der Waals surface area contributed by atoms with Crippen LogP contribution in [-0.4, -0.2) is 142 Å². The number of rotatable bonds is 11. The molecule has 0 bridgehead atoms. The number of carbonyl (C=O) groups excluding carboxylic acids is 2. The van der Waals surface area contributed by atoms with Crippen LogP contribution < -0.4 is 76.1 Å². The van der Waals surface area contributed by atoms with Gasteiger partial charge in [-0.25, -0.2) is 0 Å². The van der Waals surface area contributed by atoms with Crippen molar-refractivity contribution in [3.63, 3.8) is 0 Å². The van der Waals surface area contributed by atoms with Crippen LogP contribution in [0.25, 0.3) is 0 Å². The third kappa shape index (κ3) is 15.4. The van der Waals surface area contributed by atoms with Crippen LogP contribution in [0.3, 0.4) is 0 Å². The van der Waals surface area contributed by atoms with Crippen LogP contribution in [0.2, 0.25) is 0 Å². The average Bonchev–Trinajstić information content (AvgIpc) is 2.88. The van der Waals surface area contributed by atoms with Gasteiger partial charge in [0.2, 0.25) is 5.91 Å². The number of nitrogens with zero attached hydrogens (tertiary/aromatic N) is 1. The molecule has 43 heavy (non-hydrogen) atoms. The molecule has 2 aliphatic rings. The summed E-state index contributed by atoms with van der Waals surface area (Å²) >= 11 is 0. The van der Waals surface area contributed by atoms with Gasteiger partial charge in [-0.15, -0.1) is 0 Å². The van der Waals surface area contributed by atoms with Crippen LogP contribution >= 0.6 is 0 Å². The minimum atomic E-state index is -1.46. The Kier molecular flexibility index (Phi) is 31.7. The number of ether oxygens (including phenoxy) is 4. The normalized spacial score (nSPS) is 32.5. The Morgan fingerprint density at radius 1 is 0.884 bits per heavy atom. The zero-order valence-electron chi connectivity index (χ0n) is 25.2. The Morgan fingerprint density at radius 2 is 1.26 bits per heavy atom. The van der Waals surface area contributed by atoms with Crippen LogP contribution in [0.1, 0.15) is 26.2 Å². The molecule has 0 aromatic heterocycles. The second-order valence-electron chi connectivity index (χ2n) is 9.33. The third-order valence-electron chi connectivity index (χ3n) is 6.61. The second-order valence-corrected chi connectivity index (χ2v) is 9.33. The maximum atomic E-state index is 11.2. The number of aliphatic carboxylic acids is 1. The molecule has 0 aromatic carbocycles. The summed E-state index contributed by atoms with van der Waals surface area (Å²) in [7, 11) is 2.67. The van der Waals surface area contributed by atoms with Crippen molar-refractivity contribution in [2.24, 2.45) is 17.6 Å². The molecule has 244 valence electrons. The van der Waals surface area contributed by atoms with Gasteiger partial charge in [0.15, 0.2) is 0 Å².